The standard InChI is InChI=1S/C15H28N2O3/c1-3-20-15(19)16(2)12-8-10-17(11-9-12)13-6-4-5-7-14(13)18/h12-14,18H,3-11H2,1-2H3. The molecule has 1 saturated carbocycles. The number of hydrogen-bond donors (Lipinski definition) is 1. The molecule has 1 heterocycles. The summed E-state index contributed by atoms with van der Waals surface area (Å²) in [6, 6.07) is 0.601. The average Bonchev–Trinajstić information content (AvgIpc) is 2.47. The van der Waals surface area contributed by atoms with E-state index < -0.39 is 0 Å². The van der Waals surface area contributed by atoms with Crippen molar-refractivity contribution in [1.82, 2.24) is 9.80 Å². The normalized spacial score (nSPS) is 29.1. The highest BCUT2D eigenvalue weighted by atomic mass is 16.6. The Hall–Kier alpha value is -0.810. The minimum Gasteiger partial charge on any atom is -0.450 e. The van der Waals surface area contributed by atoms with E-state index >= 15 is 0 Å². The molecule has 1 N–H and O–H groups in total. The van der Waals surface area contributed by atoms with Gasteiger partial charge in [-0.2, -0.15) is 0 Å². The highest BCUT2D eigenvalue weighted by Gasteiger charge is 2.33. The lowest BCUT2D eigenvalue weighted by Crippen LogP contribution is -2.52. The van der Waals surface area contributed by atoms with Gasteiger partial charge in [0.15, 0.2) is 0 Å². The number of hydrogen-bond acceptors (Lipinski definition) is 4. The van der Waals surface area contributed by atoms with Crippen molar-refractivity contribution in [3.05, 3.63) is 0 Å². The fourth-order valence-corrected chi connectivity index (χ4v) is 3.50. The van der Waals surface area contributed by atoms with Crippen LogP contribution in [0.4, 0.5) is 4.79 Å². The van der Waals surface area contributed by atoms with Crippen LogP contribution in [0.1, 0.15) is 45.4 Å². The van der Waals surface area contributed by atoms with E-state index in [1.165, 1.54) is 6.42 Å². The molecule has 2 rings (SSSR count). The summed E-state index contributed by atoms with van der Waals surface area (Å²) in [6.45, 7) is 4.20. The van der Waals surface area contributed by atoms with Crippen LogP contribution in [-0.2, 0) is 4.74 Å². The monoisotopic (exact) mass is 284 g/mol. The molecule has 116 valence electrons. The summed E-state index contributed by atoms with van der Waals surface area (Å²) in [6.07, 6.45) is 5.99. The number of likely N-dealkylation sites (tertiary alicyclic amines) is 1. The van der Waals surface area contributed by atoms with Gasteiger partial charge in [0.2, 0.25) is 0 Å². The van der Waals surface area contributed by atoms with Gasteiger partial charge < -0.3 is 14.7 Å². The number of carbonyl (C=O) groups is 1. The Morgan fingerprint density at radius 2 is 1.90 bits per heavy atom. The molecule has 0 radical (unpaired) electrons. The molecule has 1 aliphatic carbocycles. The van der Waals surface area contributed by atoms with E-state index in [0.717, 1.165) is 45.2 Å². The molecule has 0 bridgehead atoms. The molecule has 0 aromatic rings. The molecule has 0 aromatic carbocycles. The van der Waals surface area contributed by atoms with Gasteiger partial charge >= 0.3 is 6.09 Å². The van der Waals surface area contributed by atoms with Crippen LogP contribution in [0.5, 0.6) is 0 Å². The third-order valence-corrected chi connectivity index (χ3v) is 4.77. The van der Waals surface area contributed by atoms with E-state index in [9.17, 15) is 9.90 Å². The summed E-state index contributed by atoms with van der Waals surface area (Å²) < 4.78 is 5.05. The van der Waals surface area contributed by atoms with Crippen LogP contribution in [-0.4, -0.2) is 65.9 Å². The van der Waals surface area contributed by atoms with Gasteiger partial charge in [-0.3, -0.25) is 4.90 Å². The van der Waals surface area contributed by atoms with Gasteiger partial charge in [0.05, 0.1) is 12.7 Å². The Labute approximate surface area is 121 Å². The fourth-order valence-electron chi connectivity index (χ4n) is 3.50. The van der Waals surface area contributed by atoms with E-state index in [1.54, 1.807) is 4.90 Å². The molecule has 2 fully saturated rings. The molecule has 2 atom stereocenters. The van der Waals surface area contributed by atoms with Crippen molar-refractivity contribution < 1.29 is 14.6 Å². The minimum atomic E-state index is -0.219. The van der Waals surface area contributed by atoms with Gasteiger partial charge in [0.1, 0.15) is 0 Å². The quantitative estimate of drug-likeness (QED) is 0.859. The molecule has 0 spiro atoms. The van der Waals surface area contributed by atoms with Gasteiger partial charge in [-0.1, -0.05) is 12.8 Å². The highest BCUT2D eigenvalue weighted by molar-refractivity contribution is 5.67. The summed E-state index contributed by atoms with van der Waals surface area (Å²) in [5.41, 5.74) is 0. The van der Waals surface area contributed by atoms with E-state index in [1.807, 2.05) is 14.0 Å². The third kappa shape index (κ3) is 3.64. The van der Waals surface area contributed by atoms with Crippen LogP contribution in [0.2, 0.25) is 0 Å². The average molecular weight is 284 g/mol. The Balaban J connectivity index is 1.81. The molecule has 1 aliphatic heterocycles. The van der Waals surface area contributed by atoms with Crippen molar-refractivity contribution in [3.8, 4) is 0 Å². The Kier molecular flexibility index (Phi) is 5.66. The van der Waals surface area contributed by atoms with E-state index in [-0.39, 0.29) is 18.2 Å². The fraction of sp³-hybridized carbons (Fsp3) is 0.933. The number of rotatable bonds is 3. The molecule has 2 aliphatic rings. The summed E-state index contributed by atoms with van der Waals surface area (Å²) in [5.74, 6) is 0. The largest absolute Gasteiger partial charge is 0.450 e. The Morgan fingerprint density at radius 1 is 1.25 bits per heavy atom. The van der Waals surface area contributed by atoms with E-state index in [0.29, 0.717) is 12.6 Å². The minimum absolute atomic E-state index is 0.164. The molecule has 1 saturated heterocycles. The second kappa shape index (κ2) is 7.27. The van der Waals surface area contributed by atoms with Crippen LogP contribution in [0, 0.1) is 0 Å². The lowest BCUT2D eigenvalue weighted by Gasteiger charge is -2.43. The van der Waals surface area contributed by atoms with Crippen LogP contribution in [0.25, 0.3) is 0 Å². The first-order chi connectivity index (χ1) is 9.63. The van der Waals surface area contributed by atoms with Crippen molar-refractivity contribution in [2.45, 2.75) is 63.6 Å². The second-order valence-electron chi connectivity index (χ2n) is 6.00. The zero-order chi connectivity index (χ0) is 14.5. The zero-order valence-electron chi connectivity index (χ0n) is 12.8. The first-order valence-electron chi connectivity index (χ1n) is 7.95. The zero-order valence-corrected chi connectivity index (χ0v) is 12.8. The van der Waals surface area contributed by atoms with Crippen molar-refractivity contribution in [1.29, 1.82) is 0 Å². The van der Waals surface area contributed by atoms with Gasteiger partial charge in [-0.25, -0.2) is 4.79 Å². The number of amides is 1. The highest BCUT2D eigenvalue weighted by Crippen LogP contribution is 2.26. The van der Waals surface area contributed by atoms with E-state index in [2.05, 4.69) is 4.90 Å². The predicted molar refractivity (Wildman–Crippen MR) is 77.6 cm³/mol. The molecule has 1 amide bonds. The van der Waals surface area contributed by atoms with Crippen molar-refractivity contribution >= 4 is 6.09 Å². The first kappa shape index (κ1) is 15.6. The summed E-state index contributed by atoms with van der Waals surface area (Å²) >= 11 is 0. The van der Waals surface area contributed by atoms with Gasteiger partial charge in [-0.05, 0) is 32.6 Å². The number of carbonyl (C=O) groups excluding carboxylic acids is 1. The molecule has 5 nitrogen and oxygen atoms in total. The van der Waals surface area contributed by atoms with Crippen LogP contribution >= 0.6 is 0 Å². The Bertz CT molecular complexity index is 316. The maximum atomic E-state index is 11.7. The molecule has 20 heavy (non-hydrogen) atoms. The molecular weight excluding hydrogens is 256 g/mol. The van der Waals surface area contributed by atoms with Crippen LogP contribution in [0.3, 0.4) is 0 Å². The topological polar surface area (TPSA) is 53.0 Å². The lowest BCUT2D eigenvalue weighted by molar-refractivity contribution is -0.00148. The number of aliphatic hydroxyl groups is 1. The SMILES string of the molecule is CCOC(=O)N(C)C1CCN(C2CCCCC2O)CC1. The number of ether oxygens (including phenoxy) is 1. The van der Waals surface area contributed by atoms with Gasteiger partial charge in [0, 0.05) is 32.2 Å². The van der Waals surface area contributed by atoms with Crippen molar-refractivity contribution in [2.24, 2.45) is 0 Å². The molecule has 2 unspecified atom stereocenters. The van der Waals surface area contributed by atoms with Gasteiger partial charge in [-0.15, -0.1) is 0 Å². The maximum absolute atomic E-state index is 11.7. The van der Waals surface area contributed by atoms with Crippen LogP contribution in [0.15, 0.2) is 0 Å². The first-order valence-corrected chi connectivity index (χ1v) is 7.95. The van der Waals surface area contributed by atoms with Gasteiger partial charge in [0.25, 0.3) is 0 Å². The summed E-state index contributed by atoms with van der Waals surface area (Å²) in [5, 5.41) is 10.1. The third-order valence-electron chi connectivity index (χ3n) is 4.77. The molecule has 0 aromatic heterocycles. The smallest absolute Gasteiger partial charge is 0.409 e. The number of piperidine rings is 1. The van der Waals surface area contributed by atoms with Crippen molar-refractivity contribution in [3.63, 3.8) is 0 Å². The number of nitrogens with zero attached hydrogens (tertiary/aromatic N) is 2. The lowest BCUT2D eigenvalue weighted by atomic mass is 9.89. The molecular formula is C15H28N2O3. The van der Waals surface area contributed by atoms with E-state index in [4.69, 9.17) is 4.74 Å². The maximum Gasteiger partial charge on any atom is 0.409 e. The Morgan fingerprint density at radius 3 is 2.50 bits per heavy atom. The van der Waals surface area contributed by atoms with Crippen LogP contribution < -0.4 is 0 Å². The summed E-state index contributed by atoms with van der Waals surface area (Å²) in [7, 11) is 1.83. The summed E-state index contributed by atoms with van der Waals surface area (Å²) in [4.78, 5) is 15.9. The predicted octanol–water partition coefficient (Wildman–Crippen LogP) is 1.84. The van der Waals surface area contributed by atoms with Crippen molar-refractivity contribution in [2.75, 3.05) is 26.7 Å². The molecule has 5 heteroatoms. The number of aliphatic hydroxyl groups excluding tert-OH is 1. The second-order valence-corrected chi connectivity index (χ2v) is 6.00.